The maximum atomic E-state index is 8.72. The fourth-order valence-electron chi connectivity index (χ4n) is 2.92. The van der Waals surface area contributed by atoms with Crippen molar-refractivity contribution in [1.29, 1.82) is 0 Å². The van der Waals surface area contributed by atoms with Crippen LogP contribution in [0.15, 0.2) is 0 Å². The van der Waals surface area contributed by atoms with Gasteiger partial charge >= 0.3 is 0 Å². The molecule has 1 N–H and O–H groups in total. The van der Waals surface area contributed by atoms with Crippen LogP contribution in [0.3, 0.4) is 0 Å². The second-order valence-electron chi connectivity index (χ2n) is 5.64. The smallest absolute Gasteiger partial charge is 0.104 e. The third-order valence-electron chi connectivity index (χ3n) is 3.89. The Balaban J connectivity index is 1.66. The van der Waals surface area contributed by atoms with Crippen molar-refractivity contribution in [2.75, 3.05) is 45.7 Å². The van der Waals surface area contributed by atoms with E-state index in [0.717, 1.165) is 24.9 Å². The summed E-state index contributed by atoms with van der Waals surface area (Å²) in [5.74, 6) is 8.38. The molecule has 2 heterocycles. The van der Waals surface area contributed by atoms with E-state index >= 15 is 0 Å². The van der Waals surface area contributed by atoms with Crippen molar-refractivity contribution in [2.45, 2.75) is 24.5 Å². The lowest BCUT2D eigenvalue weighted by molar-refractivity contribution is 0.0557. The zero-order valence-electron chi connectivity index (χ0n) is 11.8. The van der Waals surface area contributed by atoms with Gasteiger partial charge in [0.05, 0.1) is 0 Å². The standard InChI is InChI=1S/C15H25NO2S/c1-16(10-13-4-7-18-8-5-13)11-15-9-14(12-19-15)3-2-6-17/h13-15,17H,4-12H2,1H3. The molecule has 0 aromatic rings. The molecule has 0 radical (unpaired) electrons. The van der Waals surface area contributed by atoms with E-state index in [-0.39, 0.29) is 6.61 Å². The Kier molecular flexibility index (Phi) is 6.52. The Morgan fingerprint density at radius 2 is 2.11 bits per heavy atom. The van der Waals surface area contributed by atoms with Crippen molar-refractivity contribution in [3.8, 4) is 11.8 Å². The van der Waals surface area contributed by atoms with Gasteiger partial charge < -0.3 is 14.7 Å². The van der Waals surface area contributed by atoms with Crippen LogP contribution >= 0.6 is 11.8 Å². The van der Waals surface area contributed by atoms with E-state index < -0.39 is 0 Å². The summed E-state index contributed by atoms with van der Waals surface area (Å²) in [5, 5.41) is 9.43. The first kappa shape index (κ1) is 15.2. The van der Waals surface area contributed by atoms with Crippen LogP contribution in [-0.2, 0) is 4.74 Å². The number of nitrogens with zero attached hydrogens (tertiary/aromatic N) is 1. The summed E-state index contributed by atoms with van der Waals surface area (Å²) < 4.78 is 5.41. The van der Waals surface area contributed by atoms with Crippen LogP contribution in [0.2, 0.25) is 0 Å². The predicted molar refractivity (Wildman–Crippen MR) is 80.3 cm³/mol. The second kappa shape index (κ2) is 8.16. The average molecular weight is 283 g/mol. The van der Waals surface area contributed by atoms with Gasteiger partial charge in [0.2, 0.25) is 0 Å². The highest BCUT2D eigenvalue weighted by Gasteiger charge is 2.25. The fraction of sp³-hybridized carbons (Fsp3) is 0.867. The van der Waals surface area contributed by atoms with Crippen LogP contribution in [0, 0.1) is 23.7 Å². The Morgan fingerprint density at radius 1 is 1.32 bits per heavy atom. The lowest BCUT2D eigenvalue weighted by Gasteiger charge is -2.28. The van der Waals surface area contributed by atoms with Crippen molar-refractivity contribution >= 4 is 11.8 Å². The van der Waals surface area contributed by atoms with Crippen LogP contribution in [0.5, 0.6) is 0 Å². The van der Waals surface area contributed by atoms with Crippen molar-refractivity contribution in [3.05, 3.63) is 0 Å². The van der Waals surface area contributed by atoms with E-state index in [1.54, 1.807) is 0 Å². The average Bonchev–Trinajstić information content (AvgIpc) is 2.85. The number of aliphatic hydroxyl groups is 1. The summed E-state index contributed by atoms with van der Waals surface area (Å²) in [6.07, 6.45) is 3.61. The van der Waals surface area contributed by atoms with Gasteiger partial charge in [0.25, 0.3) is 0 Å². The van der Waals surface area contributed by atoms with Crippen molar-refractivity contribution < 1.29 is 9.84 Å². The lowest BCUT2D eigenvalue weighted by atomic mass is 9.99. The minimum absolute atomic E-state index is 0.00448. The number of hydrogen-bond acceptors (Lipinski definition) is 4. The topological polar surface area (TPSA) is 32.7 Å². The van der Waals surface area contributed by atoms with E-state index in [2.05, 4.69) is 23.8 Å². The normalized spacial score (nSPS) is 28.4. The van der Waals surface area contributed by atoms with E-state index in [1.165, 1.54) is 32.4 Å². The summed E-state index contributed by atoms with van der Waals surface area (Å²) in [6, 6.07) is 0. The molecule has 0 aromatic heterocycles. The van der Waals surface area contributed by atoms with Gasteiger partial charge in [-0.25, -0.2) is 0 Å². The molecule has 0 bridgehead atoms. The molecule has 108 valence electrons. The van der Waals surface area contributed by atoms with Gasteiger partial charge in [-0.05, 0) is 32.2 Å². The molecule has 0 aromatic carbocycles. The Labute approximate surface area is 121 Å². The highest BCUT2D eigenvalue weighted by atomic mass is 32.2. The minimum Gasteiger partial charge on any atom is -0.384 e. The summed E-state index contributed by atoms with van der Waals surface area (Å²) in [7, 11) is 2.24. The highest BCUT2D eigenvalue weighted by Crippen LogP contribution is 2.31. The lowest BCUT2D eigenvalue weighted by Crippen LogP contribution is -2.33. The van der Waals surface area contributed by atoms with E-state index in [4.69, 9.17) is 9.84 Å². The van der Waals surface area contributed by atoms with E-state index in [0.29, 0.717) is 11.2 Å². The van der Waals surface area contributed by atoms with Crippen LogP contribution in [0.1, 0.15) is 19.3 Å². The molecule has 4 heteroatoms. The number of aliphatic hydroxyl groups excluding tert-OH is 1. The summed E-state index contributed by atoms with van der Waals surface area (Å²) in [6.45, 7) is 4.24. The molecule has 3 nitrogen and oxygen atoms in total. The zero-order chi connectivity index (χ0) is 13.5. The van der Waals surface area contributed by atoms with E-state index in [9.17, 15) is 0 Å². The molecule has 0 amide bonds. The summed E-state index contributed by atoms with van der Waals surface area (Å²) in [4.78, 5) is 2.48. The van der Waals surface area contributed by atoms with Gasteiger partial charge in [-0.15, -0.1) is 0 Å². The molecule has 2 rings (SSSR count). The second-order valence-corrected chi connectivity index (χ2v) is 6.98. The summed E-state index contributed by atoms with van der Waals surface area (Å²) in [5.41, 5.74) is 0. The van der Waals surface area contributed by atoms with Crippen molar-refractivity contribution in [3.63, 3.8) is 0 Å². The molecular weight excluding hydrogens is 258 g/mol. The molecule has 0 saturated carbocycles. The first-order valence-corrected chi connectivity index (χ1v) is 8.30. The number of rotatable bonds is 4. The first-order valence-electron chi connectivity index (χ1n) is 7.25. The van der Waals surface area contributed by atoms with Gasteiger partial charge in [0.15, 0.2) is 0 Å². The Hall–Kier alpha value is -0.210. The monoisotopic (exact) mass is 283 g/mol. The molecule has 2 saturated heterocycles. The number of ether oxygens (including phenoxy) is 1. The van der Waals surface area contributed by atoms with Gasteiger partial charge in [-0.3, -0.25) is 0 Å². The molecule has 2 unspecified atom stereocenters. The van der Waals surface area contributed by atoms with Gasteiger partial charge in [-0.1, -0.05) is 11.8 Å². The molecule has 2 aliphatic rings. The molecule has 2 fully saturated rings. The Bertz CT molecular complexity index is 320. The third-order valence-corrected chi connectivity index (χ3v) is 5.30. The van der Waals surface area contributed by atoms with Crippen LogP contribution in [0.4, 0.5) is 0 Å². The molecule has 19 heavy (non-hydrogen) atoms. The fourth-order valence-corrected chi connectivity index (χ4v) is 4.37. The van der Waals surface area contributed by atoms with Gasteiger partial charge in [0.1, 0.15) is 6.61 Å². The third kappa shape index (κ3) is 5.35. The molecule has 0 aliphatic carbocycles. The number of hydrogen-bond donors (Lipinski definition) is 1. The maximum Gasteiger partial charge on any atom is 0.104 e. The SMILES string of the molecule is CN(CC1CCOCC1)CC1CC(C#CCO)CS1. The zero-order valence-corrected chi connectivity index (χ0v) is 12.6. The first-order chi connectivity index (χ1) is 9.28. The predicted octanol–water partition coefficient (Wildman–Crippen LogP) is 1.46. The Morgan fingerprint density at radius 3 is 2.84 bits per heavy atom. The van der Waals surface area contributed by atoms with E-state index in [1.807, 2.05) is 11.8 Å². The van der Waals surface area contributed by atoms with Crippen molar-refractivity contribution in [2.24, 2.45) is 11.8 Å². The largest absolute Gasteiger partial charge is 0.384 e. The van der Waals surface area contributed by atoms with Crippen LogP contribution in [-0.4, -0.2) is 61.0 Å². The highest BCUT2D eigenvalue weighted by molar-refractivity contribution is 8.00. The summed E-state index contributed by atoms with van der Waals surface area (Å²) >= 11 is 2.04. The molecule has 2 atom stereocenters. The van der Waals surface area contributed by atoms with Crippen molar-refractivity contribution in [1.82, 2.24) is 4.90 Å². The van der Waals surface area contributed by atoms with Crippen LogP contribution < -0.4 is 0 Å². The minimum atomic E-state index is -0.00448. The maximum absolute atomic E-state index is 8.72. The number of thioether (sulfide) groups is 1. The van der Waals surface area contributed by atoms with Gasteiger partial charge in [-0.2, -0.15) is 11.8 Å². The molecule has 0 spiro atoms. The van der Waals surface area contributed by atoms with Gasteiger partial charge in [0, 0.05) is 43.2 Å². The molecule has 2 aliphatic heterocycles. The quantitative estimate of drug-likeness (QED) is 0.792. The van der Waals surface area contributed by atoms with Crippen LogP contribution in [0.25, 0.3) is 0 Å². The molecular formula is C15H25NO2S.